The topological polar surface area (TPSA) is 59.8 Å². The number of aryl methyl sites for hydroxylation is 2. The second kappa shape index (κ2) is 8.52. The van der Waals surface area contributed by atoms with Crippen molar-refractivity contribution < 1.29 is 4.79 Å². The van der Waals surface area contributed by atoms with E-state index in [4.69, 9.17) is 21.7 Å². The Hall–Kier alpha value is -3.18. The summed E-state index contributed by atoms with van der Waals surface area (Å²) in [6.07, 6.45) is 0. The van der Waals surface area contributed by atoms with Crippen LogP contribution in [-0.2, 0) is 0 Å². The van der Waals surface area contributed by atoms with E-state index in [0.717, 1.165) is 28.0 Å². The number of aromatic nitrogens is 3. The second-order valence-electron chi connectivity index (χ2n) is 7.91. The maximum Gasteiger partial charge on any atom is 0.252 e. The van der Waals surface area contributed by atoms with Gasteiger partial charge in [0.2, 0.25) is 0 Å². The van der Waals surface area contributed by atoms with Crippen LogP contribution in [0.1, 0.15) is 45.7 Å². The van der Waals surface area contributed by atoms with Crippen LogP contribution < -0.4 is 5.32 Å². The number of carbonyl (C=O) groups is 1. The molecule has 4 rings (SSSR count). The number of carbonyl (C=O) groups excluding carboxylic acids is 1. The van der Waals surface area contributed by atoms with Crippen LogP contribution in [0.2, 0.25) is 5.02 Å². The smallest absolute Gasteiger partial charge is 0.252 e. The molecule has 1 amide bonds. The number of hydrogen-bond acceptors (Lipinski definition) is 3. The molecule has 0 saturated heterocycles. The van der Waals surface area contributed by atoms with E-state index in [0.29, 0.717) is 22.8 Å². The van der Waals surface area contributed by atoms with Crippen LogP contribution in [0.15, 0.2) is 54.6 Å². The van der Waals surface area contributed by atoms with Crippen molar-refractivity contribution in [1.82, 2.24) is 20.1 Å². The van der Waals surface area contributed by atoms with Gasteiger partial charge in [-0.15, -0.1) is 0 Å². The Morgan fingerprint density at radius 2 is 1.84 bits per heavy atom. The maximum absolute atomic E-state index is 13.2. The van der Waals surface area contributed by atoms with E-state index in [-0.39, 0.29) is 11.8 Å². The van der Waals surface area contributed by atoms with Gasteiger partial charge >= 0.3 is 0 Å². The quantitative estimate of drug-likeness (QED) is 0.451. The van der Waals surface area contributed by atoms with Gasteiger partial charge in [-0.05, 0) is 56.0 Å². The fourth-order valence-electron chi connectivity index (χ4n) is 3.83. The first-order valence-electron chi connectivity index (χ1n) is 10.3. The van der Waals surface area contributed by atoms with E-state index in [2.05, 4.69) is 24.4 Å². The summed E-state index contributed by atoms with van der Waals surface area (Å²) in [6, 6.07) is 17.7. The summed E-state index contributed by atoms with van der Waals surface area (Å²) in [5, 5.41) is 9.22. The first-order valence-corrected chi connectivity index (χ1v) is 10.7. The summed E-state index contributed by atoms with van der Waals surface area (Å²) in [5.74, 6) is 0.0882. The molecule has 0 aliphatic carbocycles. The molecule has 5 nitrogen and oxygen atoms in total. The lowest BCUT2D eigenvalue weighted by Gasteiger charge is -2.14. The molecular weight excluding hydrogens is 408 g/mol. The Labute approximate surface area is 187 Å². The highest BCUT2D eigenvalue weighted by Crippen LogP contribution is 2.28. The van der Waals surface area contributed by atoms with Crippen LogP contribution in [0, 0.1) is 20.8 Å². The van der Waals surface area contributed by atoms with Crippen molar-refractivity contribution in [3.8, 4) is 5.69 Å². The van der Waals surface area contributed by atoms with Crippen LogP contribution in [0.25, 0.3) is 16.7 Å². The van der Waals surface area contributed by atoms with Gasteiger partial charge in [-0.25, -0.2) is 9.67 Å². The third kappa shape index (κ3) is 4.06. The Morgan fingerprint density at radius 1 is 1.10 bits per heavy atom. The lowest BCUT2D eigenvalue weighted by molar-refractivity contribution is 0.0953. The van der Waals surface area contributed by atoms with Gasteiger partial charge in [0.15, 0.2) is 5.65 Å². The average molecular weight is 433 g/mol. The summed E-state index contributed by atoms with van der Waals surface area (Å²) >= 11 is 6.33. The molecule has 158 valence electrons. The first kappa shape index (κ1) is 21.1. The van der Waals surface area contributed by atoms with Crippen LogP contribution >= 0.6 is 11.6 Å². The number of halogens is 1. The van der Waals surface area contributed by atoms with Crippen LogP contribution in [-0.4, -0.2) is 27.2 Å². The summed E-state index contributed by atoms with van der Waals surface area (Å²) in [7, 11) is 0. The number of amides is 1. The number of pyridine rings is 1. The molecule has 0 aliphatic rings. The van der Waals surface area contributed by atoms with Crippen molar-refractivity contribution in [1.29, 1.82) is 0 Å². The highest BCUT2D eigenvalue weighted by molar-refractivity contribution is 6.31. The zero-order chi connectivity index (χ0) is 22.1. The Kier molecular flexibility index (Phi) is 5.79. The molecule has 6 heteroatoms. The van der Waals surface area contributed by atoms with Gasteiger partial charge in [-0.3, -0.25) is 4.79 Å². The standard InChI is InChI=1S/C25H25ClN4O/c1-15(19-9-6-5-7-10-19)14-27-25(31)20-13-16(2)28-24-23(20)18(4)29-30(24)22-12-8-11-21(26)17(22)3/h5-13,15H,14H2,1-4H3,(H,27,31). The van der Waals surface area contributed by atoms with Crippen LogP contribution in [0.5, 0.6) is 0 Å². The molecular formula is C25H25ClN4O. The number of nitrogens with zero attached hydrogens (tertiary/aromatic N) is 3. The van der Waals surface area contributed by atoms with Crippen molar-refractivity contribution in [3.63, 3.8) is 0 Å². The van der Waals surface area contributed by atoms with E-state index < -0.39 is 0 Å². The fourth-order valence-corrected chi connectivity index (χ4v) is 4.00. The van der Waals surface area contributed by atoms with Gasteiger partial charge < -0.3 is 5.32 Å². The zero-order valence-electron chi connectivity index (χ0n) is 18.1. The van der Waals surface area contributed by atoms with Crippen LogP contribution in [0.4, 0.5) is 0 Å². The summed E-state index contributed by atoms with van der Waals surface area (Å²) in [6.45, 7) is 8.40. The molecule has 0 saturated carbocycles. The molecule has 4 aromatic rings. The molecule has 1 atom stereocenters. The van der Waals surface area contributed by atoms with E-state index in [1.165, 1.54) is 5.56 Å². The summed E-state index contributed by atoms with van der Waals surface area (Å²) < 4.78 is 1.78. The average Bonchev–Trinajstić information content (AvgIpc) is 3.09. The van der Waals surface area contributed by atoms with Gasteiger partial charge in [-0.1, -0.05) is 54.9 Å². The van der Waals surface area contributed by atoms with Gasteiger partial charge in [0.1, 0.15) is 0 Å². The zero-order valence-corrected chi connectivity index (χ0v) is 18.9. The van der Waals surface area contributed by atoms with Crippen molar-refractivity contribution in [2.45, 2.75) is 33.6 Å². The Bertz CT molecular complexity index is 1260. The van der Waals surface area contributed by atoms with E-state index in [9.17, 15) is 4.79 Å². The van der Waals surface area contributed by atoms with E-state index >= 15 is 0 Å². The van der Waals surface area contributed by atoms with Crippen molar-refractivity contribution >= 4 is 28.5 Å². The summed E-state index contributed by atoms with van der Waals surface area (Å²) in [5.41, 5.74) is 5.72. The third-order valence-corrected chi connectivity index (χ3v) is 6.00. The molecule has 2 aromatic heterocycles. The largest absolute Gasteiger partial charge is 0.351 e. The first-order chi connectivity index (χ1) is 14.9. The monoisotopic (exact) mass is 432 g/mol. The minimum atomic E-state index is -0.122. The highest BCUT2D eigenvalue weighted by atomic mass is 35.5. The van der Waals surface area contributed by atoms with Gasteiger partial charge in [0.25, 0.3) is 5.91 Å². The minimum absolute atomic E-state index is 0.122. The molecule has 0 radical (unpaired) electrons. The molecule has 31 heavy (non-hydrogen) atoms. The number of nitrogens with one attached hydrogen (secondary N) is 1. The second-order valence-corrected chi connectivity index (χ2v) is 8.32. The number of hydrogen-bond donors (Lipinski definition) is 1. The highest BCUT2D eigenvalue weighted by Gasteiger charge is 2.21. The molecule has 0 aliphatic heterocycles. The van der Waals surface area contributed by atoms with Gasteiger partial charge in [0, 0.05) is 17.3 Å². The van der Waals surface area contributed by atoms with Gasteiger partial charge in [-0.2, -0.15) is 5.10 Å². The molecule has 2 aromatic carbocycles. The van der Waals surface area contributed by atoms with Crippen LogP contribution in [0.3, 0.4) is 0 Å². The molecule has 2 heterocycles. The van der Waals surface area contributed by atoms with E-state index in [1.807, 2.05) is 63.2 Å². The molecule has 0 spiro atoms. The lowest BCUT2D eigenvalue weighted by Crippen LogP contribution is -2.28. The van der Waals surface area contributed by atoms with E-state index in [1.54, 1.807) is 4.68 Å². The fraction of sp³-hybridized carbons (Fsp3) is 0.240. The Morgan fingerprint density at radius 3 is 2.58 bits per heavy atom. The normalized spacial score (nSPS) is 12.2. The molecule has 1 N–H and O–H groups in total. The maximum atomic E-state index is 13.2. The SMILES string of the molecule is Cc1cc(C(=O)NCC(C)c2ccccc2)c2c(C)nn(-c3cccc(Cl)c3C)c2n1. The van der Waals surface area contributed by atoms with Gasteiger partial charge in [0.05, 0.1) is 22.3 Å². The van der Waals surface area contributed by atoms with Crippen molar-refractivity contribution in [2.75, 3.05) is 6.54 Å². The Balaban J connectivity index is 1.71. The number of fused-ring (bicyclic) bond motifs is 1. The predicted octanol–water partition coefficient (Wildman–Crippen LogP) is 5.53. The van der Waals surface area contributed by atoms with Crippen molar-refractivity contribution in [2.24, 2.45) is 0 Å². The van der Waals surface area contributed by atoms with Crippen molar-refractivity contribution in [3.05, 3.63) is 87.7 Å². The number of benzene rings is 2. The summed E-state index contributed by atoms with van der Waals surface area (Å²) in [4.78, 5) is 17.9. The molecule has 0 fully saturated rings. The number of rotatable bonds is 5. The lowest BCUT2D eigenvalue weighted by atomic mass is 10.0. The minimum Gasteiger partial charge on any atom is -0.351 e. The predicted molar refractivity (Wildman–Crippen MR) is 125 cm³/mol. The molecule has 1 unspecified atom stereocenters. The third-order valence-electron chi connectivity index (χ3n) is 5.59. The molecule has 0 bridgehead atoms.